The highest BCUT2D eigenvalue weighted by atomic mass is 32.1. The van der Waals surface area contributed by atoms with E-state index < -0.39 is 0 Å². The maximum Gasteiger partial charge on any atom is 0.143 e. The van der Waals surface area contributed by atoms with Crippen molar-refractivity contribution in [3.63, 3.8) is 0 Å². The SMILES string of the molecule is Cc1nc(Nc2ccccc2C)c2c(-c3ccc(F)cc3)c(C)sc2n1. The van der Waals surface area contributed by atoms with Crippen molar-refractivity contribution in [1.82, 2.24) is 9.97 Å². The molecule has 3 nitrogen and oxygen atoms in total. The summed E-state index contributed by atoms with van der Waals surface area (Å²) in [4.78, 5) is 11.4. The Morgan fingerprint density at radius 3 is 2.38 bits per heavy atom. The number of aromatic nitrogens is 2. The Morgan fingerprint density at radius 2 is 1.65 bits per heavy atom. The molecule has 0 atom stereocenters. The molecule has 26 heavy (non-hydrogen) atoms. The van der Waals surface area contributed by atoms with Gasteiger partial charge in [-0.3, -0.25) is 0 Å². The second kappa shape index (κ2) is 6.50. The van der Waals surface area contributed by atoms with Gasteiger partial charge < -0.3 is 5.32 Å². The van der Waals surface area contributed by atoms with Gasteiger partial charge in [0.05, 0.1) is 5.39 Å². The Kier molecular flexibility index (Phi) is 4.17. The first-order valence-corrected chi connectivity index (χ1v) is 9.21. The third kappa shape index (κ3) is 2.95. The van der Waals surface area contributed by atoms with Crippen molar-refractivity contribution in [1.29, 1.82) is 0 Å². The minimum Gasteiger partial charge on any atom is -0.339 e. The Labute approximate surface area is 155 Å². The number of para-hydroxylation sites is 1. The van der Waals surface area contributed by atoms with Crippen LogP contribution >= 0.6 is 11.3 Å². The fourth-order valence-electron chi connectivity index (χ4n) is 3.11. The molecule has 0 aliphatic heterocycles. The van der Waals surface area contributed by atoms with Crippen LogP contribution in [0.3, 0.4) is 0 Å². The van der Waals surface area contributed by atoms with Crippen molar-refractivity contribution in [2.45, 2.75) is 20.8 Å². The van der Waals surface area contributed by atoms with Crippen molar-refractivity contribution in [2.24, 2.45) is 0 Å². The summed E-state index contributed by atoms with van der Waals surface area (Å²) in [5.41, 5.74) is 4.18. The van der Waals surface area contributed by atoms with E-state index in [1.807, 2.05) is 25.1 Å². The minimum absolute atomic E-state index is 0.240. The van der Waals surface area contributed by atoms with Crippen LogP contribution in [0.15, 0.2) is 48.5 Å². The quantitative estimate of drug-likeness (QED) is 0.473. The van der Waals surface area contributed by atoms with Crippen LogP contribution in [0.25, 0.3) is 21.3 Å². The van der Waals surface area contributed by atoms with Gasteiger partial charge in [-0.2, -0.15) is 0 Å². The number of nitrogens with one attached hydrogen (secondary N) is 1. The van der Waals surface area contributed by atoms with Gasteiger partial charge in [0.25, 0.3) is 0 Å². The highest BCUT2D eigenvalue weighted by Crippen LogP contribution is 2.41. The average Bonchev–Trinajstić information content (AvgIpc) is 2.93. The number of halogens is 1. The lowest BCUT2D eigenvalue weighted by Gasteiger charge is -2.12. The molecule has 2 aromatic heterocycles. The molecule has 2 heterocycles. The predicted molar refractivity (Wildman–Crippen MR) is 107 cm³/mol. The number of fused-ring (bicyclic) bond motifs is 1. The maximum atomic E-state index is 13.4. The summed E-state index contributed by atoms with van der Waals surface area (Å²) in [7, 11) is 0. The van der Waals surface area contributed by atoms with E-state index >= 15 is 0 Å². The summed E-state index contributed by atoms with van der Waals surface area (Å²) in [6.45, 7) is 6.03. The van der Waals surface area contributed by atoms with Crippen molar-refractivity contribution in [2.75, 3.05) is 5.32 Å². The molecule has 0 bridgehead atoms. The number of rotatable bonds is 3. The molecule has 130 valence electrons. The monoisotopic (exact) mass is 363 g/mol. The Morgan fingerprint density at radius 1 is 0.923 bits per heavy atom. The van der Waals surface area contributed by atoms with Crippen LogP contribution in [0.2, 0.25) is 0 Å². The maximum absolute atomic E-state index is 13.4. The summed E-state index contributed by atoms with van der Waals surface area (Å²) < 4.78 is 13.4. The van der Waals surface area contributed by atoms with Gasteiger partial charge in [0, 0.05) is 16.1 Å². The number of benzene rings is 2. The van der Waals surface area contributed by atoms with Crippen LogP contribution < -0.4 is 5.32 Å². The first kappa shape index (κ1) is 16.7. The second-order valence-corrected chi connectivity index (χ2v) is 7.48. The van der Waals surface area contributed by atoms with Crippen LogP contribution in [0.1, 0.15) is 16.3 Å². The number of hydrogen-bond acceptors (Lipinski definition) is 4. The predicted octanol–water partition coefficient (Wildman–Crippen LogP) is 6.17. The van der Waals surface area contributed by atoms with Crippen LogP contribution in [-0.4, -0.2) is 9.97 Å². The van der Waals surface area contributed by atoms with Crippen LogP contribution in [0.5, 0.6) is 0 Å². The van der Waals surface area contributed by atoms with E-state index in [9.17, 15) is 4.39 Å². The number of aryl methyl sites for hydroxylation is 3. The minimum atomic E-state index is -0.240. The second-order valence-electron chi connectivity index (χ2n) is 6.28. The lowest BCUT2D eigenvalue weighted by Crippen LogP contribution is -1.99. The third-order valence-electron chi connectivity index (χ3n) is 4.37. The molecule has 0 radical (unpaired) electrons. The molecule has 0 spiro atoms. The Balaban J connectivity index is 1.95. The normalized spacial score (nSPS) is 11.1. The summed E-state index contributed by atoms with van der Waals surface area (Å²) >= 11 is 1.64. The molecule has 4 rings (SSSR count). The molecular weight excluding hydrogens is 345 g/mol. The van der Waals surface area contributed by atoms with Gasteiger partial charge in [0.15, 0.2) is 0 Å². The lowest BCUT2D eigenvalue weighted by atomic mass is 10.0. The summed E-state index contributed by atoms with van der Waals surface area (Å²) in [5.74, 6) is 1.27. The number of thiophene rings is 1. The zero-order valence-electron chi connectivity index (χ0n) is 14.8. The highest BCUT2D eigenvalue weighted by Gasteiger charge is 2.18. The van der Waals surface area contributed by atoms with Crippen molar-refractivity contribution in [3.8, 4) is 11.1 Å². The molecule has 0 saturated carbocycles. The molecule has 1 N–H and O–H groups in total. The standard InChI is InChI=1S/C21H18FN3S/c1-12-6-4-5-7-17(12)25-20-19-18(15-8-10-16(22)11-9-15)13(2)26-21(19)24-14(3)23-20/h4-11H,1-3H3,(H,23,24,25). The number of anilines is 2. The van der Waals surface area contributed by atoms with Crippen molar-refractivity contribution in [3.05, 3.63) is 70.6 Å². The van der Waals surface area contributed by atoms with Crippen LogP contribution in [-0.2, 0) is 0 Å². The van der Waals surface area contributed by atoms with E-state index in [-0.39, 0.29) is 5.82 Å². The first-order chi connectivity index (χ1) is 12.5. The average molecular weight is 363 g/mol. The third-order valence-corrected chi connectivity index (χ3v) is 5.37. The topological polar surface area (TPSA) is 37.8 Å². The fourth-order valence-corrected chi connectivity index (χ4v) is 4.20. The lowest BCUT2D eigenvalue weighted by molar-refractivity contribution is 0.628. The van der Waals surface area contributed by atoms with E-state index in [4.69, 9.17) is 0 Å². The first-order valence-electron chi connectivity index (χ1n) is 8.39. The van der Waals surface area contributed by atoms with Gasteiger partial charge in [-0.25, -0.2) is 14.4 Å². The highest BCUT2D eigenvalue weighted by molar-refractivity contribution is 7.19. The zero-order valence-corrected chi connectivity index (χ0v) is 15.6. The van der Waals surface area contributed by atoms with Gasteiger partial charge in [-0.1, -0.05) is 30.3 Å². The van der Waals surface area contributed by atoms with Crippen LogP contribution in [0, 0.1) is 26.6 Å². The Bertz CT molecular complexity index is 1100. The van der Waals surface area contributed by atoms with Crippen molar-refractivity contribution < 1.29 is 4.39 Å². The molecule has 0 unspecified atom stereocenters. The van der Waals surface area contributed by atoms with Gasteiger partial charge in [0.2, 0.25) is 0 Å². The number of hydrogen-bond donors (Lipinski definition) is 1. The van der Waals surface area contributed by atoms with Crippen LogP contribution in [0.4, 0.5) is 15.9 Å². The van der Waals surface area contributed by atoms with Gasteiger partial charge >= 0.3 is 0 Å². The molecule has 4 aromatic rings. The summed E-state index contributed by atoms with van der Waals surface area (Å²) in [6, 6.07) is 14.7. The van der Waals surface area contributed by atoms with Gasteiger partial charge in [-0.15, -0.1) is 11.3 Å². The van der Waals surface area contributed by atoms with Gasteiger partial charge in [0.1, 0.15) is 22.3 Å². The molecule has 0 amide bonds. The smallest absolute Gasteiger partial charge is 0.143 e. The molecule has 0 saturated heterocycles. The van der Waals surface area contributed by atoms with Gasteiger partial charge in [-0.05, 0) is 50.1 Å². The van der Waals surface area contributed by atoms with E-state index in [0.717, 1.165) is 49.1 Å². The molecule has 0 aliphatic rings. The molecule has 5 heteroatoms. The van der Waals surface area contributed by atoms with E-state index in [1.165, 1.54) is 12.1 Å². The fraction of sp³-hybridized carbons (Fsp3) is 0.143. The Hall–Kier alpha value is -2.79. The molecule has 0 fully saturated rings. The summed E-state index contributed by atoms with van der Waals surface area (Å²) in [5, 5.41) is 4.45. The van der Waals surface area contributed by atoms with Crippen molar-refractivity contribution >= 4 is 33.1 Å². The van der Waals surface area contributed by atoms with E-state index in [2.05, 4.69) is 35.2 Å². The van der Waals surface area contributed by atoms with E-state index in [0.29, 0.717) is 0 Å². The molecular formula is C21H18FN3S. The molecule has 2 aromatic carbocycles. The van der Waals surface area contributed by atoms with E-state index in [1.54, 1.807) is 23.5 Å². The number of nitrogens with zero attached hydrogens (tertiary/aromatic N) is 2. The summed E-state index contributed by atoms with van der Waals surface area (Å²) in [6.07, 6.45) is 0. The zero-order chi connectivity index (χ0) is 18.3. The molecule has 0 aliphatic carbocycles. The largest absolute Gasteiger partial charge is 0.339 e.